The van der Waals surface area contributed by atoms with Gasteiger partial charge in [0.05, 0.1) is 11.7 Å². The first-order valence-corrected chi connectivity index (χ1v) is 6.76. The summed E-state index contributed by atoms with van der Waals surface area (Å²) in [7, 11) is 0. The average Bonchev–Trinajstić information content (AvgIpc) is 2.49. The molecule has 0 spiro atoms. The third-order valence-electron chi connectivity index (χ3n) is 3.01. The van der Waals surface area contributed by atoms with Crippen molar-refractivity contribution in [2.75, 3.05) is 11.9 Å². The van der Waals surface area contributed by atoms with Gasteiger partial charge in [-0.05, 0) is 50.2 Å². The Balaban J connectivity index is 2.01. The van der Waals surface area contributed by atoms with Crippen molar-refractivity contribution in [1.29, 1.82) is 0 Å². The third-order valence-corrected chi connectivity index (χ3v) is 3.01. The predicted molar refractivity (Wildman–Crippen MR) is 80.7 cm³/mol. The topological polar surface area (TPSA) is 54.0 Å². The molecule has 1 amide bonds. The predicted octanol–water partition coefficient (Wildman–Crippen LogP) is 3.00. The van der Waals surface area contributed by atoms with E-state index >= 15 is 0 Å². The van der Waals surface area contributed by atoms with Crippen LogP contribution in [-0.2, 0) is 0 Å². The fourth-order valence-corrected chi connectivity index (χ4v) is 1.93. The molecule has 20 heavy (non-hydrogen) atoms. The zero-order valence-corrected chi connectivity index (χ0v) is 11.8. The number of aromatic nitrogens is 1. The van der Waals surface area contributed by atoms with Gasteiger partial charge in [-0.3, -0.25) is 9.78 Å². The van der Waals surface area contributed by atoms with E-state index in [1.807, 2.05) is 56.3 Å². The van der Waals surface area contributed by atoms with E-state index in [9.17, 15) is 4.79 Å². The second-order valence-electron chi connectivity index (χ2n) is 4.56. The van der Waals surface area contributed by atoms with E-state index in [1.165, 1.54) is 0 Å². The van der Waals surface area contributed by atoms with E-state index in [2.05, 4.69) is 15.6 Å². The summed E-state index contributed by atoms with van der Waals surface area (Å²) in [6, 6.07) is 13.0. The van der Waals surface area contributed by atoms with E-state index in [0.29, 0.717) is 5.56 Å². The summed E-state index contributed by atoms with van der Waals surface area (Å²) < 4.78 is 0. The van der Waals surface area contributed by atoms with Crippen LogP contribution in [0.2, 0.25) is 0 Å². The van der Waals surface area contributed by atoms with Gasteiger partial charge in [0.2, 0.25) is 0 Å². The lowest BCUT2D eigenvalue weighted by Gasteiger charge is -2.13. The quantitative estimate of drug-likeness (QED) is 0.877. The Morgan fingerprint density at radius 3 is 2.55 bits per heavy atom. The highest BCUT2D eigenvalue weighted by Gasteiger charge is 2.11. The van der Waals surface area contributed by atoms with Crippen molar-refractivity contribution in [2.45, 2.75) is 19.9 Å². The van der Waals surface area contributed by atoms with Crippen LogP contribution in [0.4, 0.5) is 5.69 Å². The summed E-state index contributed by atoms with van der Waals surface area (Å²) in [5.41, 5.74) is 2.52. The monoisotopic (exact) mass is 269 g/mol. The minimum atomic E-state index is -0.114. The Morgan fingerprint density at radius 2 is 1.95 bits per heavy atom. The first-order chi connectivity index (χ1) is 9.70. The molecule has 0 aliphatic carbocycles. The van der Waals surface area contributed by atoms with Crippen LogP contribution < -0.4 is 10.6 Å². The van der Waals surface area contributed by atoms with Crippen LogP contribution in [0.5, 0.6) is 0 Å². The molecular formula is C16H19N3O. The van der Waals surface area contributed by atoms with Gasteiger partial charge in [-0.1, -0.05) is 6.07 Å². The van der Waals surface area contributed by atoms with Crippen LogP contribution in [0.15, 0.2) is 48.7 Å². The summed E-state index contributed by atoms with van der Waals surface area (Å²) in [6.45, 7) is 4.82. The van der Waals surface area contributed by atoms with Gasteiger partial charge in [-0.25, -0.2) is 0 Å². The van der Waals surface area contributed by atoms with Gasteiger partial charge in [0.25, 0.3) is 5.91 Å². The molecule has 0 bridgehead atoms. The van der Waals surface area contributed by atoms with Crippen molar-refractivity contribution in [3.05, 3.63) is 59.9 Å². The van der Waals surface area contributed by atoms with Gasteiger partial charge < -0.3 is 10.6 Å². The zero-order chi connectivity index (χ0) is 14.4. The Hall–Kier alpha value is -2.36. The smallest absolute Gasteiger partial charge is 0.251 e. The zero-order valence-electron chi connectivity index (χ0n) is 11.8. The van der Waals surface area contributed by atoms with E-state index in [-0.39, 0.29) is 11.9 Å². The Kier molecular flexibility index (Phi) is 4.71. The summed E-state index contributed by atoms with van der Waals surface area (Å²) in [5.74, 6) is -0.0915. The molecule has 1 heterocycles. The number of anilines is 1. The van der Waals surface area contributed by atoms with E-state index in [0.717, 1.165) is 17.9 Å². The Morgan fingerprint density at radius 1 is 1.20 bits per heavy atom. The SMILES string of the molecule is CCNc1ccc(C(=O)NC(C)c2ccccn2)cc1. The van der Waals surface area contributed by atoms with Crippen molar-refractivity contribution in [1.82, 2.24) is 10.3 Å². The second kappa shape index (κ2) is 6.70. The van der Waals surface area contributed by atoms with Crippen LogP contribution in [0.1, 0.15) is 35.9 Å². The average molecular weight is 269 g/mol. The van der Waals surface area contributed by atoms with Crippen LogP contribution >= 0.6 is 0 Å². The molecule has 4 nitrogen and oxygen atoms in total. The fourth-order valence-electron chi connectivity index (χ4n) is 1.93. The number of carbonyl (C=O) groups excluding carboxylic acids is 1. The van der Waals surface area contributed by atoms with Crippen molar-refractivity contribution in [2.24, 2.45) is 0 Å². The maximum absolute atomic E-state index is 12.1. The Bertz CT molecular complexity index is 552. The van der Waals surface area contributed by atoms with Crippen molar-refractivity contribution < 1.29 is 4.79 Å². The molecule has 2 N–H and O–H groups in total. The molecule has 1 atom stereocenters. The summed E-state index contributed by atoms with van der Waals surface area (Å²) in [5, 5.41) is 6.14. The molecule has 2 aromatic rings. The molecular weight excluding hydrogens is 250 g/mol. The maximum atomic E-state index is 12.1. The molecule has 0 aliphatic heterocycles. The van der Waals surface area contributed by atoms with Crippen molar-refractivity contribution >= 4 is 11.6 Å². The lowest BCUT2D eigenvalue weighted by Crippen LogP contribution is -2.27. The largest absolute Gasteiger partial charge is 0.385 e. The molecule has 4 heteroatoms. The van der Waals surface area contributed by atoms with E-state index in [1.54, 1.807) is 6.20 Å². The third kappa shape index (κ3) is 3.57. The number of pyridine rings is 1. The second-order valence-corrected chi connectivity index (χ2v) is 4.56. The molecule has 2 rings (SSSR count). The highest BCUT2D eigenvalue weighted by atomic mass is 16.1. The summed E-state index contributed by atoms with van der Waals surface area (Å²) in [6.07, 6.45) is 1.73. The fraction of sp³-hybridized carbons (Fsp3) is 0.250. The number of nitrogens with one attached hydrogen (secondary N) is 2. The van der Waals surface area contributed by atoms with Crippen molar-refractivity contribution in [3.63, 3.8) is 0 Å². The van der Waals surface area contributed by atoms with Gasteiger partial charge in [-0.2, -0.15) is 0 Å². The molecule has 0 radical (unpaired) electrons. The first-order valence-electron chi connectivity index (χ1n) is 6.76. The molecule has 1 aromatic carbocycles. The van der Waals surface area contributed by atoms with Crippen LogP contribution in [0.25, 0.3) is 0 Å². The minimum absolute atomic E-state index is 0.0915. The molecule has 104 valence electrons. The number of nitrogens with zero attached hydrogens (tertiary/aromatic N) is 1. The lowest BCUT2D eigenvalue weighted by atomic mass is 10.1. The molecule has 1 aromatic heterocycles. The minimum Gasteiger partial charge on any atom is -0.385 e. The van der Waals surface area contributed by atoms with Crippen LogP contribution in [0.3, 0.4) is 0 Å². The van der Waals surface area contributed by atoms with Crippen LogP contribution in [0, 0.1) is 0 Å². The molecule has 0 aliphatic rings. The molecule has 0 fully saturated rings. The van der Waals surface area contributed by atoms with Gasteiger partial charge in [0.15, 0.2) is 0 Å². The highest BCUT2D eigenvalue weighted by molar-refractivity contribution is 5.94. The van der Waals surface area contributed by atoms with Gasteiger partial charge in [-0.15, -0.1) is 0 Å². The lowest BCUT2D eigenvalue weighted by molar-refractivity contribution is 0.0939. The molecule has 0 saturated carbocycles. The van der Waals surface area contributed by atoms with E-state index < -0.39 is 0 Å². The number of hydrogen-bond donors (Lipinski definition) is 2. The summed E-state index contributed by atoms with van der Waals surface area (Å²) in [4.78, 5) is 16.4. The number of benzene rings is 1. The maximum Gasteiger partial charge on any atom is 0.251 e. The standard InChI is InChI=1S/C16H19N3O/c1-3-17-14-9-7-13(8-10-14)16(20)19-12(2)15-6-4-5-11-18-15/h4-12,17H,3H2,1-2H3,(H,19,20). The van der Waals surface area contributed by atoms with E-state index in [4.69, 9.17) is 0 Å². The van der Waals surface area contributed by atoms with Crippen LogP contribution in [-0.4, -0.2) is 17.4 Å². The van der Waals surface area contributed by atoms with Gasteiger partial charge >= 0.3 is 0 Å². The number of rotatable bonds is 5. The highest BCUT2D eigenvalue weighted by Crippen LogP contribution is 2.12. The number of hydrogen-bond acceptors (Lipinski definition) is 3. The summed E-state index contributed by atoms with van der Waals surface area (Å²) >= 11 is 0. The van der Waals surface area contributed by atoms with Gasteiger partial charge in [0, 0.05) is 24.0 Å². The number of amides is 1. The number of carbonyl (C=O) groups is 1. The molecule has 1 unspecified atom stereocenters. The first kappa shape index (κ1) is 14.1. The normalized spacial score (nSPS) is 11.7. The molecule has 0 saturated heterocycles. The van der Waals surface area contributed by atoms with Gasteiger partial charge in [0.1, 0.15) is 0 Å². The van der Waals surface area contributed by atoms with Crippen molar-refractivity contribution in [3.8, 4) is 0 Å². The Labute approximate surface area is 119 Å².